The Morgan fingerprint density at radius 2 is 1.03 bits per heavy atom. The molecule has 0 rings (SSSR count). The van der Waals surface area contributed by atoms with E-state index < -0.39 is 56.6 Å². The zero-order valence-corrected chi connectivity index (χ0v) is 20.7. The Morgan fingerprint density at radius 1 is 0.700 bits per heavy atom. The third-order valence-electron chi connectivity index (χ3n) is 4.77. The summed E-state index contributed by atoms with van der Waals surface area (Å²) in [6.45, 7) is 17.4. The monoisotopic (exact) mass is 448 g/mol. The summed E-state index contributed by atoms with van der Waals surface area (Å²) in [7, 11) is -2.20. The average Bonchev–Trinajstić information content (AvgIpc) is 2.59. The van der Waals surface area contributed by atoms with Gasteiger partial charge < -0.3 is 23.4 Å². The summed E-state index contributed by atoms with van der Waals surface area (Å²) >= 11 is 0. The van der Waals surface area contributed by atoms with Crippen molar-refractivity contribution in [1.29, 1.82) is 0 Å². The first-order valence-electron chi connectivity index (χ1n) is 9.99. The Labute approximate surface area is 179 Å². The number of carbonyl (C=O) groups excluding carboxylic acids is 4. The van der Waals surface area contributed by atoms with E-state index in [0.717, 1.165) is 0 Å². The average molecular weight is 449 g/mol. The minimum absolute atomic E-state index is 0.0947. The van der Waals surface area contributed by atoms with Gasteiger partial charge in [0.25, 0.3) is 0 Å². The zero-order valence-electron chi connectivity index (χ0n) is 19.7. The molecular weight excluding hydrogens is 412 g/mol. The van der Waals surface area contributed by atoms with E-state index in [4.69, 9.17) is 23.4 Å². The third-order valence-corrected chi connectivity index (χ3v) is 9.33. The van der Waals surface area contributed by atoms with Gasteiger partial charge in [-0.3, -0.25) is 0 Å². The fraction of sp³-hybridized carbons (Fsp3) is 0.800. The molecular formula is C20H36O9Si. The molecule has 4 atom stereocenters. The summed E-state index contributed by atoms with van der Waals surface area (Å²) < 4.78 is 25.7. The maximum Gasteiger partial charge on any atom is 0.347 e. The van der Waals surface area contributed by atoms with Gasteiger partial charge in [0.15, 0.2) is 26.6 Å². The van der Waals surface area contributed by atoms with Crippen LogP contribution < -0.4 is 0 Å². The maximum absolute atomic E-state index is 12.3. The van der Waals surface area contributed by atoms with Gasteiger partial charge in [-0.15, -0.1) is 0 Å². The zero-order chi connectivity index (χ0) is 23.9. The van der Waals surface area contributed by atoms with Gasteiger partial charge in [-0.25, -0.2) is 19.2 Å². The normalized spacial score (nSPS) is 15.9. The molecule has 0 fully saturated rings. The van der Waals surface area contributed by atoms with E-state index in [1.807, 2.05) is 33.9 Å². The van der Waals surface area contributed by atoms with E-state index in [9.17, 15) is 19.2 Å². The van der Waals surface area contributed by atoms with Crippen LogP contribution in [0.3, 0.4) is 0 Å². The molecule has 0 saturated heterocycles. The first kappa shape index (κ1) is 28.1. The summed E-state index contributed by atoms with van der Waals surface area (Å²) in [6, 6.07) is 0. The van der Waals surface area contributed by atoms with Crippen molar-refractivity contribution >= 4 is 32.2 Å². The molecule has 10 heteroatoms. The predicted molar refractivity (Wildman–Crippen MR) is 111 cm³/mol. The van der Waals surface area contributed by atoms with Crippen LogP contribution in [0.15, 0.2) is 0 Å². The van der Waals surface area contributed by atoms with Crippen molar-refractivity contribution in [3.8, 4) is 0 Å². The highest BCUT2D eigenvalue weighted by Gasteiger charge is 2.40. The van der Waals surface area contributed by atoms with E-state index in [2.05, 4.69) is 0 Å². The highest BCUT2D eigenvalue weighted by atomic mass is 28.4. The third kappa shape index (κ3) is 8.82. The van der Waals surface area contributed by atoms with E-state index in [1.54, 1.807) is 13.8 Å². The second-order valence-corrected chi connectivity index (χ2v) is 13.3. The minimum Gasteiger partial charge on any atom is -0.463 e. The molecule has 0 aliphatic rings. The van der Waals surface area contributed by atoms with Crippen molar-refractivity contribution in [3.05, 3.63) is 0 Å². The molecule has 174 valence electrons. The Kier molecular flexibility index (Phi) is 10.7. The van der Waals surface area contributed by atoms with Crippen LogP contribution in [-0.4, -0.2) is 63.2 Å². The molecule has 0 spiro atoms. The molecule has 30 heavy (non-hydrogen) atoms. The van der Waals surface area contributed by atoms with Crippen LogP contribution >= 0.6 is 0 Å². The molecule has 9 nitrogen and oxygen atoms in total. The van der Waals surface area contributed by atoms with Gasteiger partial charge in [-0.05, 0) is 52.8 Å². The SMILES string of the molecule is CCOC(=O)[C@H](C)OC(=O)[C@H](C)OC(=O)[C@H](C)OC(=O)[C@@H](C)O[Si](C)(C)C(C)(C)C. The highest BCUT2D eigenvalue weighted by molar-refractivity contribution is 6.74. The molecule has 0 heterocycles. The topological polar surface area (TPSA) is 114 Å². The maximum atomic E-state index is 12.3. The largest absolute Gasteiger partial charge is 0.463 e. The predicted octanol–water partition coefficient (Wildman–Crippen LogP) is 2.75. The lowest BCUT2D eigenvalue weighted by Gasteiger charge is -2.37. The first-order valence-corrected chi connectivity index (χ1v) is 12.9. The van der Waals surface area contributed by atoms with Crippen LogP contribution in [0.4, 0.5) is 0 Å². The van der Waals surface area contributed by atoms with Crippen molar-refractivity contribution < 1.29 is 42.6 Å². The lowest BCUT2D eigenvalue weighted by atomic mass is 10.2. The number of hydrogen-bond acceptors (Lipinski definition) is 9. The molecule has 0 radical (unpaired) electrons. The summed E-state index contributed by atoms with van der Waals surface area (Å²) in [5.41, 5.74) is 0. The van der Waals surface area contributed by atoms with Crippen molar-refractivity contribution in [1.82, 2.24) is 0 Å². The standard InChI is InChI=1S/C20H36O9Si/c1-11-25-16(21)12(2)26-17(22)13(3)27-18(23)14(4)28-19(24)15(5)29-30(9,10)20(6,7)8/h12-15H,11H2,1-10H3/t12-,13-,14-,15+/m0/s1. The Morgan fingerprint density at radius 3 is 1.37 bits per heavy atom. The molecule has 0 aromatic rings. The second kappa shape index (κ2) is 11.4. The number of ether oxygens (including phenoxy) is 4. The fourth-order valence-corrected chi connectivity index (χ4v) is 3.21. The molecule has 0 aliphatic carbocycles. The summed E-state index contributed by atoms with van der Waals surface area (Å²) in [5, 5.41) is -0.0947. The second-order valence-electron chi connectivity index (χ2n) is 8.51. The van der Waals surface area contributed by atoms with Gasteiger partial charge in [0.2, 0.25) is 0 Å². The molecule has 0 amide bonds. The van der Waals surface area contributed by atoms with Crippen LogP contribution in [0.1, 0.15) is 55.4 Å². The number of hydrogen-bond donors (Lipinski definition) is 0. The fourth-order valence-electron chi connectivity index (χ4n) is 1.88. The molecule has 0 unspecified atom stereocenters. The van der Waals surface area contributed by atoms with Gasteiger partial charge in [-0.1, -0.05) is 20.8 Å². The van der Waals surface area contributed by atoms with E-state index in [1.165, 1.54) is 20.8 Å². The van der Waals surface area contributed by atoms with Crippen LogP contribution in [0.2, 0.25) is 18.1 Å². The summed E-state index contributed by atoms with van der Waals surface area (Å²) in [6.07, 6.45) is -4.53. The summed E-state index contributed by atoms with van der Waals surface area (Å²) in [4.78, 5) is 47.9. The Hall–Kier alpha value is -1.94. The molecule has 0 aromatic heterocycles. The van der Waals surface area contributed by atoms with Crippen LogP contribution in [-0.2, 0) is 42.6 Å². The van der Waals surface area contributed by atoms with Crippen molar-refractivity contribution in [3.63, 3.8) is 0 Å². The van der Waals surface area contributed by atoms with Gasteiger partial charge in [0.1, 0.15) is 6.10 Å². The smallest absolute Gasteiger partial charge is 0.347 e. The number of carbonyl (C=O) groups is 4. The van der Waals surface area contributed by atoms with Crippen LogP contribution in [0.5, 0.6) is 0 Å². The first-order chi connectivity index (χ1) is 13.5. The van der Waals surface area contributed by atoms with Gasteiger partial charge in [0, 0.05) is 0 Å². The quantitative estimate of drug-likeness (QED) is 0.283. The lowest BCUT2D eigenvalue weighted by Crippen LogP contribution is -2.46. The van der Waals surface area contributed by atoms with E-state index in [-0.39, 0.29) is 11.6 Å². The van der Waals surface area contributed by atoms with Crippen molar-refractivity contribution in [2.75, 3.05) is 6.61 Å². The number of rotatable bonds is 10. The Bertz CT molecular complexity index is 624. The van der Waals surface area contributed by atoms with Crippen LogP contribution in [0.25, 0.3) is 0 Å². The van der Waals surface area contributed by atoms with Crippen molar-refractivity contribution in [2.45, 2.75) is 97.9 Å². The molecule has 0 saturated carbocycles. The highest BCUT2D eigenvalue weighted by Crippen LogP contribution is 2.37. The van der Waals surface area contributed by atoms with Gasteiger partial charge in [-0.2, -0.15) is 0 Å². The molecule has 0 aliphatic heterocycles. The van der Waals surface area contributed by atoms with Crippen LogP contribution in [0, 0.1) is 0 Å². The molecule has 0 bridgehead atoms. The Balaban J connectivity index is 4.70. The van der Waals surface area contributed by atoms with E-state index >= 15 is 0 Å². The van der Waals surface area contributed by atoms with E-state index in [0.29, 0.717) is 0 Å². The number of esters is 4. The minimum atomic E-state index is -2.20. The van der Waals surface area contributed by atoms with Crippen molar-refractivity contribution in [2.24, 2.45) is 0 Å². The van der Waals surface area contributed by atoms with Gasteiger partial charge >= 0.3 is 23.9 Å². The summed E-state index contributed by atoms with van der Waals surface area (Å²) in [5.74, 6) is -3.24. The molecule has 0 aromatic carbocycles. The lowest BCUT2D eigenvalue weighted by molar-refractivity contribution is -0.183. The molecule has 0 N–H and O–H groups in total. The van der Waals surface area contributed by atoms with Gasteiger partial charge in [0.05, 0.1) is 6.61 Å².